The summed E-state index contributed by atoms with van der Waals surface area (Å²) >= 11 is 0. The molecule has 0 bridgehead atoms. The first kappa shape index (κ1) is 19.6. The maximum Gasteiger partial charge on any atom is 0.271 e. The molecule has 3 aromatic rings. The molecule has 1 saturated heterocycles. The Labute approximate surface area is 173 Å². The van der Waals surface area contributed by atoms with Gasteiger partial charge in [0.25, 0.3) is 11.5 Å². The fraction of sp³-hybridized carbons (Fsp3) is 0.238. The number of carbonyl (C=O) groups is 1. The summed E-state index contributed by atoms with van der Waals surface area (Å²) in [5.41, 5.74) is 2.63. The molecule has 3 heterocycles. The van der Waals surface area contributed by atoms with Gasteiger partial charge in [-0.1, -0.05) is 0 Å². The fourth-order valence-corrected chi connectivity index (χ4v) is 3.32. The van der Waals surface area contributed by atoms with Gasteiger partial charge in [-0.05, 0) is 30.3 Å². The smallest absolute Gasteiger partial charge is 0.271 e. The van der Waals surface area contributed by atoms with E-state index in [1.165, 1.54) is 6.33 Å². The van der Waals surface area contributed by atoms with E-state index in [4.69, 9.17) is 0 Å². The highest BCUT2D eigenvalue weighted by Crippen LogP contribution is 2.20. The number of hydrogen-bond acceptors (Lipinski definition) is 7. The topological polar surface area (TPSA) is 115 Å². The van der Waals surface area contributed by atoms with Gasteiger partial charge < -0.3 is 25.8 Å². The highest BCUT2D eigenvalue weighted by atomic mass is 16.2. The number of piperazine rings is 1. The molecule has 1 aliphatic rings. The Morgan fingerprint density at radius 1 is 1.10 bits per heavy atom. The van der Waals surface area contributed by atoms with Crippen LogP contribution in [0.2, 0.25) is 0 Å². The van der Waals surface area contributed by atoms with Crippen molar-refractivity contribution >= 4 is 23.1 Å². The van der Waals surface area contributed by atoms with Crippen molar-refractivity contribution < 1.29 is 4.79 Å². The second kappa shape index (κ2) is 8.75. The molecular formula is C21H23N7O2. The Balaban J connectivity index is 1.52. The summed E-state index contributed by atoms with van der Waals surface area (Å²) in [7, 11) is 1.76. The van der Waals surface area contributed by atoms with Crippen molar-refractivity contribution in [3.63, 3.8) is 0 Å². The number of aromatic amines is 1. The lowest BCUT2D eigenvalue weighted by molar-refractivity contribution is 0.102. The van der Waals surface area contributed by atoms with Crippen LogP contribution >= 0.6 is 0 Å². The summed E-state index contributed by atoms with van der Waals surface area (Å²) in [6, 6.07) is 10.8. The minimum absolute atomic E-state index is 0.160. The molecule has 0 radical (unpaired) electrons. The van der Waals surface area contributed by atoms with Crippen LogP contribution in [0.25, 0.3) is 11.3 Å². The SMILES string of the molecule is CNc1cc(-c2c[nH]c(=O)c(NC(=O)c3ccc(N4CCNCC4)cc3)c2)ncn1. The van der Waals surface area contributed by atoms with Gasteiger partial charge in [-0.2, -0.15) is 0 Å². The standard InChI is InChI=1S/C21H23N7O2/c1-22-19-11-17(25-13-26-19)15-10-18(21(30)24-12-15)27-20(29)14-2-4-16(5-3-14)28-8-6-23-7-9-28/h2-5,10-13,23H,6-9H2,1H3,(H,24,30)(H,27,29)(H,22,25,26). The molecule has 154 valence electrons. The predicted molar refractivity (Wildman–Crippen MR) is 117 cm³/mol. The maximum atomic E-state index is 12.7. The minimum atomic E-state index is -0.382. The summed E-state index contributed by atoms with van der Waals surface area (Å²) in [6.07, 6.45) is 2.99. The third-order valence-corrected chi connectivity index (χ3v) is 4.98. The monoisotopic (exact) mass is 405 g/mol. The van der Waals surface area contributed by atoms with E-state index < -0.39 is 0 Å². The maximum absolute atomic E-state index is 12.7. The van der Waals surface area contributed by atoms with Crippen LogP contribution < -0.4 is 26.4 Å². The number of amides is 1. The lowest BCUT2D eigenvalue weighted by atomic mass is 10.1. The molecule has 9 nitrogen and oxygen atoms in total. The Bertz CT molecular complexity index is 1090. The number of aromatic nitrogens is 3. The van der Waals surface area contributed by atoms with Crippen molar-refractivity contribution in [1.29, 1.82) is 0 Å². The average Bonchev–Trinajstić information content (AvgIpc) is 2.81. The van der Waals surface area contributed by atoms with Gasteiger partial charge >= 0.3 is 0 Å². The minimum Gasteiger partial charge on any atom is -0.373 e. The van der Waals surface area contributed by atoms with Crippen LogP contribution in [0, 0.1) is 0 Å². The van der Waals surface area contributed by atoms with Crippen LogP contribution in [0.4, 0.5) is 17.2 Å². The Kier molecular flexibility index (Phi) is 5.71. The predicted octanol–water partition coefficient (Wildman–Crippen LogP) is 1.54. The third-order valence-electron chi connectivity index (χ3n) is 4.98. The lowest BCUT2D eigenvalue weighted by Gasteiger charge is -2.29. The van der Waals surface area contributed by atoms with Crippen molar-refractivity contribution in [2.45, 2.75) is 0 Å². The van der Waals surface area contributed by atoms with E-state index in [0.717, 1.165) is 31.9 Å². The van der Waals surface area contributed by atoms with Gasteiger partial charge in [-0.3, -0.25) is 9.59 Å². The van der Waals surface area contributed by atoms with E-state index in [2.05, 4.69) is 35.8 Å². The molecule has 0 saturated carbocycles. The molecule has 0 unspecified atom stereocenters. The van der Waals surface area contributed by atoms with Gasteiger partial charge in [0.2, 0.25) is 0 Å². The van der Waals surface area contributed by atoms with E-state index in [9.17, 15) is 9.59 Å². The van der Waals surface area contributed by atoms with Crippen molar-refractivity contribution in [3.8, 4) is 11.3 Å². The molecule has 1 amide bonds. The van der Waals surface area contributed by atoms with E-state index in [0.29, 0.717) is 22.6 Å². The molecule has 30 heavy (non-hydrogen) atoms. The molecule has 4 N–H and O–H groups in total. The van der Waals surface area contributed by atoms with Crippen LogP contribution in [0.5, 0.6) is 0 Å². The number of nitrogens with one attached hydrogen (secondary N) is 4. The number of benzene rings is 1. The van der Waals surface area contributed by atoms with Crippen molar-refractivity contribution in [2.75, 3.05) is 48.8 Å². The number of H-pyrrole nitrogens is 1. The Morgan fingerprint density at radius 2 is 1.87 bits per heavy atom. The number of carbonyl (C=O) groups excluding carboxylic acids is 1. The Morgan fingerprint density at radius 3 is 2.60 bits per heavy atom. The number of pyridine rings is 1. The van der Waals surface area contributed by atoms with Crippen LogP contribution in [-0.2, 0) is 0 Å². The second-order valence-corrected chi connectivity index (χ2v) is 6.91. The largest absolute Gasteiger partial charge is 0.373 e. The molecule has 9 heteroatoms. The van der Waals surface area contributed by atoms with Crippen LogP contribution in [0.15, 0.2) is 53.7 Å². The van der Waals surface area contributed by atoms with Crippen LogP contribution in [0.1, 0.15) is 10.4 Å². The van der Waals surface area contributed by atoms with Gasteiger partial charge in [0.15, 0.2) is 0 Å². The van der Waals surface area contributed by atoms with Gasteiger partial charge in [-0.15, -0.1) is 0 Å². The normalized spacial score (nSPS) is 13.7. The quantitative estimate of drug-likeness (QED) is 0.509. The highest BCUT2D eigenvalue weighted by Gasteiger charge is 2.13. The zero-order valence-electron chi connectivity index (χ0n) is 16.6. The summed E-state index contributed by atoms with van der Waals surface area (Å²) < 4.78 is 0. The zero-order chi connectivity index (χ0) is 20.9. The molecule has 0 atom stereocenters. The number of hydrogen-bond donors (Lipinski definition) is 4. The summed E-state index contributed by atoms with van der Waals surface area (Å²) in [4.78, 5) is 38.1. The van der Waals surface area contributed by atoms with Crippen LogP contribution in [-0.4, -0.2) is 54.1 Å². The molecule has 0 aliphatic carbocycles. The molecule has 2 aromatic heterocycles. The molecule has 1 aliphatic heterocycles. The first-order valence-corrected chi connectivity index (χ1v) is 9.74. The summed E-state index contributed by atoms with van der Waals surface area (Å²) in [5, 5.41) is 8.96. The molecule has 1 fully saturated rings. The molecular weight excluding hydrogens is 382 g/mol. The van der Waals surface area contributed by atoms with E-state index in [1.54, 1.807) is 37.5 Å². The number of nitrogens with zero attached hydrogens (tertiary/aromatic N) is 3. The first-order valence-electron chi connectivity index (χ1n) is 9.74. The Hall–Kier alpha value is -3.72. The van der Waals surface area contributed by atoms with Gasteiger partial charge in [0.05, 0.1) is 5.69 Å². The second-order valence-electron chi connectivity index (χ2n) is 6.91. The van der Waals surface area contributed by atoms with Crippen molar-refractivity contribution in [2.24, 2.45) is 0 Å². The van der Waals surface area contributed by atoms with E-state index >= 15 is 0 Å². The van der Waals surface area contributed by atoms with Crippen molar-refractivity contribution in [1.82, 2.24) is 20.3 Å². The van der Waals surface area contributed by atoms with E-state index in [1.807, 2.05) is 12.1 Å². The highest BCUT2D eigenvalue weighted by molar-refractivity contribution is 6.04. The third kappa shape index (κ3) is 4.31. The lowest BCUT2D eigenvalue weighted by Crippen LogP contribution is -2.43. The van der Waals surface area contributed by atoms with Gasteiger partial charge in [-0.25, -0.2) is 9.97 Å². The molecule has 4 rings (SSSR count). The summed E-state index contributed by atoms with van der Waals surface area (Å²) in [6.45, 7) is 3.77. The average molecular weight is 405 g/mol. The molecule has 1 aromatic carbocycles. The number of anilines is 3. The van der Waals surface area contributed by atoms with Gasteiger partial charge in [0.1, 0.15) is 17.8 Å². The molecule has 0 spiro atoms. The van der Waals surface area contributed by atoms with Crippen molar-refractivity contribution in [3.05, 3.63) is 64.8 Å². The van der Waals surface area contributed by atoms with Gasteiger partial charge in [0, 0.05) is 62.3 Å². The van der Waals surface area contributed by atoms with Crippen LogP contribution in [0.3, 0.4) is 0 Å². The first-order chi connectivity index (χ1) is 14.6. The van der Waals surface area contributed by atoms with E-state index in [-0.39, 0.29) is 17.2 Å². The zero-order valence-corrected chi connectivity index (χ0v) is 16.6. The summed E-state index contributed by atoms with van der Waals surface area (Å²) in [5.74, 6) is 0.310. The number of rotatable bonds is 5. The fourth-order valence-electron chi connectivity index (χ4n) is 3.32.